The highest BCUT2D eigenvalue weighted by molar-refractivity contribution is 7.91. The van der Waals surface area contributed by atoms with Crippen LogP contribution in [0.4, 0.5) is 4.39 Å². The molecule has 1 fully saturated rings. The number of aliphatic hydroxyl groups excluding tert-OH is 1. The first-order valence-corrected chi connectivity index (χ1v) is 10.8. The number of hydrogen-bond donors (Lipinski definition) is 1. The Morgan fingerprint density at radius 1 is 1.19 bits per heavy atom. The largest absolute Gasteiger partial charge is 0.386 e. The van der Waals surface area contributed by atoms with Crippen molar-refractivity contribution in [2.24, 2.45) is 5.92 Å². The van der Waals surface area contributed by atoms with Gasteiger partial charge < -0.3 is 9.67 Å². The minimum Gasteiger partial charge on any atom is -0.386 e. The Hall–Kier alpha value is -2.25. The van der Waals surface area contributed by atoms with Gasteiger partial charge in [-0.15, -0.1) is 0 Å². The maximum absolute atomic E-state index is 14.0. The molecular formula is C20H21FN2O3S. The molecule has 7 heteroatoms. The van der Waals surface area contributed by atoms with Gasteiger partial charge in [-0.3, -0.25) is 0 Å². The second kappa shape index (κ2) is 7.05. The molecule has 2 aromatic carbocycles. The molecule has 27 heavy (non-hydrogen) atoms. The predicted octanol–water partition coefficient (Wildman–Crippen LogP) is 2.89. The molecule has 4 rings (SSSR count). The summed E-state index contributed by atoms with van der Waals surface area (Å²) in [4.78, 5) is 4.66. The van der Waals surface area contributed by atoms with Crippen LogP contribution in [0.5, 0.6) is 0 Å². The summed E-state index contributed by atoms with van der Waals surface area (Å²) in [5.41, 5.74) is 1.88. The number of para-hydroxylation sites is 2. The number of benzene rings is 2. The maximum Gasteiger partial charge on any atom is 0.150 e. The summed E-state index contributed by atoms with van der Waals surface area (Å²) in [6, 6.07) is 13.7. The van der Waals surface area contributed by atoms with Crippen molar-refractivity contribution in [1.29, 1.82) is 0 Å². The topological polar surface area (TPSA) is 72.2 Å². The zero-order valence-corrected chi connectivity index (χ0v) is 15.6. The third-order valence-corrected chi connectivity index (χ3v) is 6.99. The van der Waals surface area contributed by atoms with E-state index in [1.165, 1.54) is 6.07 Å². The molecule has 0 saturated carbocycles. The van der Waals surface area contributed by atoms with E-state index in [-0.39, 0.29) is 29.5 Å². The van der Waals surface area contributed by atoms with Crippen LogP contribution in [0.3, 0.4) is 0 Å². The Morgan fingerprint density at radius 3 is 2.67 bits per heavy atom. The Kier molecular flexibility index (Phi) is 4.74. The third kappa shape index (κ3) is 3.75. The van der Waals surface area contributed by atoms with Crippen LogP contribution in [-0.4, -0.2) is 34.6 Å². The van der Waals surface area contributed by atoms with Crippen molar-refractivity contribution in [3.63, 3.8) is 0 Å². The van der Waals surface area contributed by atoms with Crippen molar-refractivity contribution in [3.05, 3.63) is 65.7 Å². The maximum atomic E-state index is 14.0. The van der Waals surface area contributed by atoms with E-state index in [0.717, 1.165) is 16.9 Å². The number of aliphatic hydroxyl groups is 1. The number of sulfone groups is 1. The van der Waals surface area contributed by atoms with Gasteiger partial charge in [-0.25, -0.2) is 17.8 Å². The lowest BCUT2D eigenvalue weighted by Gasteiger charge is -2.17. The van der Waals surface area contributed by atoms with Gasteiger partial charge >= 0.3 is 0 Å². The summed E-state index contributed by atoms with van der Waals surface area (Å²) >= 11 is 0. The average molecular weight is 388 g/mol. The Morgan fingerprint density at radius 2 is 1.93 bits per heavy atom. The lowest BCUT2D eigenvalue weighted by atomic mass is 10.0. The van der Waals surface area contributed by atoms with Gasteiger partial charge in [0.05, 0.1) is 35.2 Å². The fourth-order valence-electron chi connectivity index (χ4n) is 3.79. The summed E-state index contributed by atoms with van der Waals surface area (Å²) in [7, 11) is -2.97. The first kappa shape index (κ1) is 18.1. The second-order valence-electron chi connectivity index (χ2n) is 7.14. The summed E-state index contributed by atoms with van der Waals surface area (Å²) in [5.74, 6) is 0.699. The van der Waals surface area contributed by atoms with Gasteiger partial charge in [-0.1, -0.05) is 30.3 Å². The summed E-state index contributed by atoms with van der Waals surface area (Å²) in [5, 5.41) is 10.6. The number of nitrogens with zero attached hydrogens (tertiary/aromatic N) is 2. The van der Waals surface area contributed by atoms with Gasteiger partial charge in [0.25, 0.3) is 0 Å². The van der Waals surface area contributed by atoms with Crippen molar-refractivity contribution in [3.8, 4) is 0 Å². The summed E-state index contributed by atoms with van der Waals surface area (Å²) in [6.45, 7) is 0.163. The van der Waals surface area contributed by atoms with Crippen LogP contribution in [0.25, 0.3) is 11.0 Å². The second-order valence-corrected chi connectivity index (χ2v) is 9.37. The quantitative estimate of drug-likeness (QED) is 0.730. The van der Waals surface area contributed by atoms with Crippen molar-refractivity contribution < 1.29 is 17.9 Å². The van der Waals surface area contributed by atoms with Crippen molar-refractivity contribution >= 4 is 20.9 Å². The Balaban J connectivity index is 1.67. The molecule has 0 unspecified atom stereocenters. The molecule has 2 atom stereocenters. The van der Waals surface area contributed by atoms with Crippen molar-refractivity contribution in [2.45, 2.75) is 25.5 Å². The Labute approximate surface area is 157 Å². The van der Waals surface area contributed by atoms with E-state index in [2.05, 4.69) is 4.98 Å². The van der Waals surface area contributed by atoms with Gasteiger partial charge in [0.15, 0.2) is 9.84 Å². The van der Waals surface area contributed by atoms with Crippen LogP contribution >= 0.6 is 0 Å². The van der Waals surface area contributed by atoms with Crippen molar-refractivity contribution in [2.75, 3.05) is 11.5 Å². The van der Waals surface area contributed by atoms with Crippen LogP contribution in [0.1, 0.15) is 23.9 Å². The fraction of sp³-hybridized carbons (Fsp3) is 0.350. The number of aromatic nitrogens is 2. The molecule has 1 aliphatic heterocycles. The minimum absolute atomic E-state index is 0.0242. The number of rotatable bonds is 5. The molecule has 1 aliphatic rings. The smallest absolute Gasteiger partial charge is 0.150 e. The first-order valence-electron chi connectivity index (χ1n) is 9.00. The first-order chi connectivity index (χ1) is 12.9. The van der Waals surface area contributed by atoms with E-state index >= 15 is 0 Å². The van der Waals surface area contributed by atoms with Crippen LogP contribution in [-0.2, 0) is 22.8 Å². The van der Waals surface area contributed by atoms with Gasteiger partial charge in [0.2, 0.25) is 0 Å². The monoisotopic (exact) mass is 388 g/mol. The molecule has 1 saturated heterocycles. The normalized spacial score (nSPS) is 20.1. The lowest BCUT2D eigenvalue weighted by molar-refractivity contribution is 0.152. The number of fused-ring (bicyclic) bond motifs is 1. The van der Waals surface area contributed by atoms with Crippen LogP contribution in [0.15, 0.2) is 48.5 Å². The standard InChI is InChI=1S/C20H21FN2O3S/c21-16-6-2-1-5-15(16)19(24)12-23-18-8-4-3-7-17(18)22-20(23)11-14-9-10-27(25,26)13-14/h1-8,14,19,24H,9-13H2/t14-,19+/m0/s1. The SMILES string of the molecule is O=S1(=O)CC[C@@H](Cc2nc3ccccc3n2C[C@@H](O)c2ccccc2F)C1. The molecule has 0 spiro atoms. The molecule has 0 bridgehead atoms. The van der Waals surface area contributed by atoms with E-state index in [1.54, 1.807) is 18.2 Å². The van der Waals surface area contributed by atoms with Gasteiger partial charge in [-0.05, 0) is 30.5 Å². The average Bonchev–Trinajstić information content (AvgIpc) is 3.15. The van der Waals surface area contributed by atoms with Gasteiger partial charge in [-0.2, -0.15) is 0 Å². The minimum atomic E-state index is -2.97. The van der Waals surface area contributed by atoms with E-state index in [9.17, 15) is 17.9 Å². The number of hydrogen-bond acceptors (Lipinski definition) is 4. The van der Waals surface area contributed by atoms with Crippen LogP contribution in [0, 0.1) is 11.7 Å². The molecular weight excluding hydrogens is 367 g/mol. The van der Waals surface area contributed by atoms with Crippen LogP contribution in [0.2, 0.25) is 0 Å². The highest BCUT2D eigenvalue weighted by atomic mass is 32.2. The summed E-state index contributed by atoms with van der Waals surface area (Å²) in [6.07, 6.45) is 0.133. The molecule has 1 N–H and O–H groups in total. The van der Waals surface area contributed by atoms with E-state index in [0.29, 0.717) is 12.8 Å². The lowest BCUT2D eigenvalue weighted by Crippen LogP contribution is -2.16. The molecule has 0 aliphatic carbocycles. The number of halogens is 1. The predicted molar refractivity (Wildman–Crippen MR) is 102 cm³/mol. The van der Waals surface area contributed by atoms with Crippen molar-refractivity contribution in [1.82, 2.24) is 9.55 Å². The molecule has 3 aromatic rings. The van der Waals surface area contributed by atoms with Gasteiger partial charge in [0.1, 0.15) is 11.6 Å². The molecule has 0 radical (unpaired) electrons. The third-order valence-electron chi connectivity index (χ3n) is 5.15. The van der Waals surface area contributed by atoms with Gasteiger partial charge in [0, 0.05) is 12.0 Å². The molecule has 0 amide bonds. The molecule has 5 nitrogen and oxygen atoms in total. The molecule has 2 heterocycles. The highest BCUT2D eigenvalue weighted by Crippen LogP contribution is 2.27. The highest BCUT2D eigenvalue weighted by Gasteiger charge is 2.29. The number of imidazole rings is 1. The van der Waals surface area contributed by atoms with E-state index in [4.69, 9.17) is 0 Å². The van der Waals surface area contributed by atoms with E-state index in [1.807, 2.05) is 28.8 Å². The fourth-order valence-corrected chi connectivity index (χ4v) is 5.65. The summed E-state index contributed by atoms with van der Waals surface area (Å²) < 4.78 is 39.5. The van der Waals surface area contributed by atoms with Crippen LogP contribution < -0.4 is 0 Å². The zero-order chi connectivity index (χ0) is 19.0. The molecule has 1 aromatic heterocycles. The van der Waals surface area contributed by atoms with E-state index < -0.39 is 21.8 Å². The Bertz CT molecular complexity index is 1080. The molecule has 142 valence electrons. The zero-order valence-electron chi connectivity index (χ0n) is 14.8.